The van der Waals surface area contributed by atoms with Crippen LogP contribution in [0.25, 0.3) is 11.1 Å². The van der Waals surface area contributed by atoms with Gasteiger partial charge >= 0.3 is 6.18 Å². The van der Waals surface area contributed by atoms with Gasteiger partial charge in [-0.15, -0.1) is 0 Å². The number of rotatable bonds is 6. The standard InChI is InChI=1S/C23H24F3N3O3/c1-21(2,3)23(30,18-12-27-14-29-20(18)31-4)19-10-7-16(11-28-19)15-5-8-17(9-6-15)32-13-22(24,25)26/h5-12,14,30H,13H2,1-4H3. The molecule has 2 heterocycles. The lowest BCUT2D eigenvalue weighted by Gasteiger charge is -2.40. The van der Waals surface area contributed by atoms with Gasteiger partial charge in [0.15, 0.2) is 6.61 Å². The van der Waals surface area contributed by atoms with Gasteiger partial charge in [-0.05, 0) is 23.8 Å². The molecule has 32 heavy (non-hydrogen) atoms. The summed E-state index contributed by atoms with van der Waals surface area (Å²) in [5.41, 5.74) is 0.00473. The van der Waals surface area contributed by atoms with E-state index in [-0.39, 0.29) is 11.6 Å². The minimum atomic E-state index is -4.39. The fraction of sp³-hybridized carbons (Fsp3) is 0.348. The van der Waals surface area contributed by atoms with E-state index in [1.54, 1.807) is 30.5 Å². The second-order valence-corrected chi connectivity index (χ2v) is 8.27. The average molecular weight is 447 g/mol. The van der Waals surface area contributed by atoms with Crippen LogP contribution in [0.3, 0.4) is 0 Å². The first kappa shape index (κ1) is 23.5. The first-order chi connectivity index (χ1) is 15.0. The number of halogens is 3. The molecular formula is C23H24F3N3O3. The summed E-state index contributed by atoms with van der Waals surface area (Å²) in [5.74, 6) is 0.367. The molecule has 0 saturated heterocycles. The summed E-state index contributed by atoms with van der Waals surface area (Å²) in [5, 5.41) is 11.8. The van der Waals surface area contributed by atoms with E-state index >= 15 is 0 Å². The molecule has 1 atom stereocenters. The van der Waals surface area contributed by atoms with E-state index in [1.165, 1.54) is 31.8 Å². The topological polar surface area (TPSA) is 77.4 Å². The Bertz CT molecular complexity index is 1050. The molecule has 1 unspecified atom stereocenters. The van der Waals surface area contributed by atoms with Gasteiger partial charge in [-0.1, -0.05) is 39.0 Å². The van der Waals surface area contributed by atoms with Gasteiger partial charge in [0.2, 0.25) is 5.88 Å². The number of aliphatic hydroxyl groups is 1. The number of ether oxygens (including phenoxy) is 2. The molecule has 3 rings (SSSR count). The van der Waals surface area contributed by atoms with Crippen LogP contribution in [0, 0.1) is 5.41 Å². The molecule has 9 heteroatoms. The highest BCUT2D eigenvalue weighted by Crippen LogP contribution is 2.46. The largest absolute Gasteiger partial charge is 0.484 e. The molecule has 0 radical (unpaired) electrons. The number of pyridine rings is 1. The van der Waals surface area contributed by atoms with E-state index in [4.69, 9.17) is 9.47 Å². The van der Waals surface area contributed by atoms with Crippen LogP contribution in [0.1, 0.15) is 32.0 Å². The summed E-state index contributed by atoms with van der Waals surface area (Å²) < 4.78 is 47.0. The normalized spacial score (nSPS) is 14.0. The summed E-state index contributed by atoms with van der Waals surface area (Å²) in [7, 11) is 1.47. The third-order valence-electron chi connectivity index (χ3n) is 5.07. The van der Waals surface area contributed by atoms with Gasteiger partial charge in [0.05, 0.1) is 18.4 Å². The number of nitrogens with zero attached hydrogens (tertiary/aromatic N) is 3. The highest BCUT2D eigenvalue weighted by molar-refractivity contribution is 5.63. The molecule has 0 saturated carbocycles. The lowest BCUT2D eigenvalue weighted by Crippen LogP contribution is -2.42. The van der Waals surface area contributed by atoms with Crippen LogP contribution >= 0.6 is 0 Å². The van der Waals surface area contributed by atoms with Gasteiger partial charge in [0, 0.05) is 23.4 Å². The highest BCUT2D eigenvalue weighted by atomic mass is 19.4. The summed E-state index contributed by atoms with van der Waals surface area (Å²) in [6, 6.07) is 9.69. The van der Waals surface area contributed by atoms with Crippen molar-refractivity contribution in [3.05, 3.63) is 66.4 Å². The van der Waals surface area contributed by atoms with Crippen molar-refractivity contribution >= 4 is 0 Å². The van der Waals surface area contributed by atoms with Crippen LogP contribution in [-0.2, 0) is 5.60 Å². The quantitative estimate of drug-likeness (QED) is 0.587. The minimum Gasteiger partial charge on any atom is -0.484 e. The zero-order valence-electron chi connectivity index (χ0n) is 18.1. The van der Waals surface area contributed by atoms with Crippen molar-refractivity contribution in [3.8, 4) is 22.8 Å². The van der Waals surface area contributed by atoms with E-state index in [2.05, 4.69) is 15.0 Å². The van der Waals surface area contributed by atoms with Gasteiger partial charge in [0.1, 0.15) is 17.7 Å². The van der Waals surface area contributed by atoms with Gasteiger partial charge in [-0.25, -0.2) is 9.97 Å². The second-order valence-electron chi connectivity index (χ2n) is 8.27. The molecular weight excluding hydrogens is 423 g/mol. The summed E-state index contributed by atoms with van der Waals surface area (Å²) in [6.45, 7) is 4.26. The molecule has 0 amide bonds. The zero-order valence-corrected chi connectivity index (χ0v) is 18.1. The number of hydrogen-bond acceptors (Lipinski definition) is 6. The van der Waals surface area contributed by atoms with Crippen LogP contribution < -0.4 is 9.47 Å². The maximum Gasteiger partial charge on any atom is 0.422 e. The Balaban J connectivity index is 1.92. The van der Waals surface area contributed by atoms with Crippen molar-refractivity contribution in [2.24, 2.45) is 5.41 Å². The molecule has 170 valence electrons. The predicted octanol–water partition coefficient (Wildman–Crippen LogP) is 4.77. The Hall–Kier alpha value is -3.20. The fourth-order valence-corrected chi connectivity index (χ4v) is 3.34. The molecule has 2 aromatic heterocycles. The SMILES string of the molecule is COc1ncncc1C(O)(c1ccc(-c2ccc(OCC(F)(F)F)cc2)cn1)C(C)(C)C. The van der Waals surface area contributed by atoms with Crippen LogP contribution in [-0.4, -0.2) is 40.0 Å². The van der Waals surface area contributed by atoms with Crippen molar-refractivity contribution in [1.29, 1.82) is 0 Å². The Kier molecular flexibility index (Phi) is 6.41. The Morgan fingerprint density at radius 1 is 0.906 bits per heavy atom. The molecule has 3 aromatic rings. The molecule has 0 aliphatic rings. The molecule has 0 bridgehead atoms. The summed E-state index contributed by atoms with van der Waals surface area (Å²) in [4.78, 5) is 12.6. The number of hydrogen-bond donors (Lipinski definition) is 1. The van der Waals surface area contributed by atoms with Gasteiger partial charge in [-0.3, -0.25) is 4.98 Å². The lowest BCUT2D eigenvalue weighted by atomic mass is 9.70. The van der Waals surface area contributed by atoms with E-state index < -0.39 is 23.8 Å². The van der Waals surface area contributed by atoms with Crippen LogP contribution in [0.5, 0.6) is 11.6 Å². The highest BCUT2D eigenvalue weighted by Gasteiger charge is 2.47. The van der Waals surface area contributed by atoms with Crippen molar-refractivity contribution in [1.82, 2.24) is 15.0 Å². The Morgan fingerprint density at radius 2 is 1.56 bits per heavy atom. The first-order valence-corrected chi connectivity index (χ1v) is 9.79. The first-order valence-electron chi connectivity index (χ1n) is 9.79. The van der Waals surface area contributed by atoms with Crippen molar-refractivity contribution in [3.63, 3.8) is 0 Å². The average Bonchev–Trinajstić information content (AvgIpc) is 2.76. The molecule has 1 N–H and O–H groups in total. The smallest absolute Gasteiger partial charge is 0.422 e. The zero-order chi connectivity index (χ0) is 23.6. The fourth-order valence-electron chi connectivity index (χ4n) is 3.34. The van der Waals surface area contributed by atoms with Crippen molar-refractivity contribution < 1.29 is 27.8 Å². The van der Waals surface area contributed by atoms with E-state index in [0.717, 1.165) is 11.1 Å². The van der Waals surface area contributed by atoms with Gasteiger partial charge < -0.3 is 14.6 Å². The van der Waals surface area contributed by atoms with E-state index in [9.17, 15) is 18.3 Å². The maximum absolute atomic E-state index is 12.3. The molecule has 0 aliphatic heterocycles. The third kappa shape index (κ3) is 4.83. The number of aromatic nitrogens is 3. The number of benzene rings is 1. The monoisotopic (exact) mass is 447 g/mol. The van der Waals surface area contributed by atoms with E-state index in [1.807, 2.05) is 20.8 Å². The number of methoxy groups -OCH3 is 1. The Morgan fingerprint density at radius 3 is 2.09 bits per heavy atom. The number of alkyl halides is 3. The third-order valence-corrected chi connectivity index (χ3v) is 5.07. The second kappa shape index (κ2) is 8.74. The molecule has 1 aromatic carbocycles. The summed E-state index contributed by atoms with van der Waals surface area (Å²) >= 11 is 0. The Labute approximate surface area is 184 Å². The van der Waals surface area contributed by atoms with Gasteiger partial charge in [0.25, 0.3) is 0 Å². The maximum atomic E-state index is 12.3. The summed E-state index contributed by atoms with van der Waals surface area (Å²) in [6.07, 6.45) is 0.0407. The van der Waals surface area contributed by atoms with E-state index in [0.29, 0.717) is 11.3 Å². The van der Waals surface area contributed by atoms with Crippen molar-refractivity contribution in [2.75, 3.05) is 13.7 Å². The van der Waals surface area contributed by atoms with Gasteiger partial charge in [-0.2, -0.15) is 13.2 Å². The molecule has 6 nitrogen and oxygen atoms in total. The van der Waals surface area contributed by atoms with Crippen molar-refractivity contribution in [2.45, 2.75) is 32.5 Å². The minimum absolute atomic E-state index is 0.119. The van der Waals surface area contributed by atoms with Crippen LogP contribution in [0.2, 0.25) is 0 Å². The molecule has 0 aliphatic carbocycles. The molecule has 0 fully saturated rings. The predicted molar refractivity (Wildman–Crippen MR) is 112 cm³/mol. The van der Waals surface area contributed by atoms with Crippen LogP contribution in [0.4, 0.5) is 13.2 Å². The van der Waals surface area contributed by atoms with Crippen LogP contribution in [0.15, 0.2) is 55.1 Å². The lowest BCUT2D eigenvalue weighted by molar-refractivity contribution is -0.153. The molecule has 0 spiro atoms.